The lowest BCUT2D eigenvalue weighted by Gasteiger charge is -2.42. The number of para-hydroxylation sites is 1. The van der Waals surface area contributed by atoms with Gasteiger partial charge in [-0.3, -0.25) is 9.78 Å². The molecule has 1 amide bonds. The van der Waals surface area contributed by atoms with Crippen LogP contribution in [-0.4, -0.2) is 46.1 Å². The van der Waals surface area contributed by atoms with E-state index in [0.29, 0.717) is 0 Å². The first-order chi connectivity index (χ1) is 13.3. The molecule has 0 radical (unpaired) electrons. The lowest BCUT2D eigenvalue weighted by atomic mass is 9.81. The number of benzene rings is 1. The van der Waals surface area contributed by atoms with E-state index in [1.54, 1.807) is 29.9 Å². The Morgan fingerprint density at radius 3 is 2.93 bits per heavy atom. The zero-order chi connectivity index (χ0) is 18.2. The first-order valence-corrected chi connectivity index (χ1v) is 9.94. The van der Waals surface area contributed by atoms with Crippen molar-refractivity contribution in [3.63, 3.8) is 0 Å². The van der Waals surface area contributed by atoms with E-state index in [2.05, 4.69) is 25.2 Å². The van der Waals surface area contributed by atoms with E-state index >= 15 is 0 Å². The zero-order valence-corrected chi connectivity index (χ0v) is 15.4. The van der Waals surface area contributed by atoms with E-state index in [1.807, 2.05) is 23.7 Å². The summed E-state index contributed by atoms with van der Waals surface area (Å²) >= 11 is 1.61. The number of ether oxygens (including phenoxy) is 1. The largest absolute Gasteiger partial charge is 0.488 e. The SMILES string of the molecule is O=C(NC1CN(c2cnccn2)C1)[C@H]1C[C@H](Oc2cccc3scnc23)C1. The van der Waals surface area contributed by atoms with Gasteiger partial charge in [0.1, 0.15) is 23.2 Å². The van der Waals surface area contributed by atoms with Gasteiger partial charge in [0.15, 0.2) is 0 Å². The van der Waals surface area contributed by atoms with Crippen LogP contribution >= 0.6 is 11.3 Å². The van der Waals surface area contributed by atoms with Gasteiger partial charge in [-0.1, -0.05) is 6.07 Å². The van der Waals surface area contributed by atoms with E-state index in [-0.39, 0.29) is 24.0 Å². The summed E-state index contributed by atoms with van der Waals surface area (Å²) < 4.78 is 7.19. The number of thiazole rings is 1. The van der Waals surface area contributed by atoms with Crippen molar-refractivity contribution in [2.75, 3.05) is 18.0 Å². The van der Waals surface area contributed by atoms with Gasteiger partial charge in [0.2, 0.25) is 5.91 Å². The highest BCUT2D eigenvalue weighted by atomic mass is 32.1. The zero-order valence-electron chi connectivity index (χ0n) is 14.6. The van der Waals surface area contributed by atoms with Gasteiger partial charge in [0.25, 0.3) is 0 Å². The molecule has 2 aliphatic rings. The summed E-state index contributed by atoms with van der Waals surface area (Å²) in [5.41, 5.74) is 2.74. The molecule has 5 rings (SSSR count). The maximum absolute atomic E-state index is 12.4. The number of aromatic nitrogens is 3. The minimum atomic E-state index is 0.0372. The fraction of sp³-hybridized carbons (Fsp3) is 0.368. The lowest BCUT2D eigenvalue weighted by Crippen LogP contribution is -2.61. The Kier molecular flexibility index (Phi) is 4.12. The Bertz CT molecular complexity index is 951. The predicted molar refractivity (Wildman–Crippen MR) is 103 cm³/mol. The van der Waals surface area contributed by atoms with Gasteiger partial charge in [-0.25, -0.2) is 9.97 Å². The third kappa shape index (κ3) is 3.21. The van der Waals surface area contributed by atoms with Crippen molar-refractivity contribution in [1.29, 1.82) is 0 Å². The van der Waals surface area contributed by atoms with E-state index in [1.165, 1.54) is 0 Å². The molecule has 3 heterocycles. The smallest absolute Gasteiger partial charge is 0.223 e. The fourth-order valence-corrected chi connectivity index (χ4v) is 4.24. The summed E-state index contributed by atoms with van der Waals surface area (Å²) in [6.45, 7) is 1.56. The van der Waals surface area contributed by atoms with Crippen molar-refractivity contribution in [1.82, 2.24) is 20.3 Å². The Hall–Kier alpha value is -2.74. The molecule has 138 valence electrons. The van der Waals surface area contributed by atoms with Crippen molar-refractivity contribution in [2.24, 2.45) is 5.92 Å². The van der Waals surface area contributed by atoms with E-state index < -0.39 is 0 Å². The molecule has 1 aliphatic heterocycles. The summed E-state index contributed by atoms with van der Waals surface area (Å²) in [4.78, 5) is 27.2. The molecule has 2 aromatic heterocycles. The van der Waals surface area contributed by atoms with E-state index in [9.17, 15) is 4.79 Å². The molecule has 1 aromatic carbocycles. The van der Waals surface area contributed by atoms with Crippen LogP contribution in [-0.2, 0) is 4.79 Å². The third-order valence-corrected chi connectivity index (χ3v) is 5.98. The van der Waals surface area contributed by atoms with Crippen LogP contribution in [0.1, 0.15) is 12.8 Å². The Morgan fingerprint density at radius 1 is 1.22 bits per heavy atom. The second kappa shape index (κ2) is 6.77. The van der Waals surface area contributed by atoms with E-state index in [0.717, 1.165) is 47.7 Å². The normalized spacial score (nSPS) is 22.1. The van der Waals surface area contributed by atoms with Crippen molar-refractivity contribution < 1.29 is 9.53 Å². The molecule has 1 N–H and O–H groups in total. The average Bonchev–Trinajstić information content (AvgIpc) is 3.10. The van der Waals surface area contributed by atoms with Gasteiger partial charge in [0.05, 0.1) is 22.4 Å². The number of amides is 1. The molecule has 1 saturated heterocycles. The number of anilines is 1. The standard InChI is InChI=1S/C19H19N5O2S/c25-19(23-13-9-24(10-13)17-8-20-4-5-21-17)12-6-14(7-12)26-15-2-1-3-16-18(15)22-11-27-16/h1-5,8,11-14H,6-7,9-10H2,(H,23,25)/t12-,14-. The molecule has 0 bridgehead atoms. The summed E-state index contributed by atoms with van der Waals surface area (Å²) in [7, 11) is 0. The second-order valence-electron chi connectivity index (χ2n) is 7.04. The molecular formula is C19H19N5O2S. The number of hydrogen-bond acceptors (Lipinski definition) is 7. The molecule has 3 aromatic rings. The topological polar surface area (TPSA) is 80.2 Å². The third-order valence-electron chi connectivity index (χ3n) is 5.18. The average molecular weight is 381 g/mol. The predicted octanol–water partition coefficient (Wildman–Crippen LogP) is 2.25. The summed E-state index contributed by atoms with van der Waals surface area (Å²) in [5.74, 6) is 1.84. The van der Waals surface area contributed by atoms with Crippen LogP contribution in [0.4, 0.5) is 5.82 Å². The molecule has 7 nitrogen and oxygen atoms in total. The van der Waals surface area contributed by atoms with Crippen LogP contribution in [0.2, 0.25) is 0 Å². The maximum atomic E-state index is 12.4. The second-order valence-corrected chi connectivity index (χ2v) is 7.92. The van der Waals surface area contributed by atoms with Gasteiger partial charge in [-0.2, -0.15) is 0 Å². The summed E-state index contributed by atoms with van der Waals surface area (Å²) in [6.07, 6.45) is 6.69. The number of fused-ring (bicyclic) bond motifs is 1. The summed E-state index contributed by atoms with van der Waals surface area (Å²) in [6, 6.07) is 6.16. The number of carbonyl (C=O) groups excluding carboxylic acids is 1. The van der Waals surface area contributed by atoms with Crippen molar-refractivity contribution in [3.8, 4) is 5.75 Å². The van der Waals surface area contributed by atoms with Crippen LogP contribution in [0.3, 0.4) is 0 Å². The molecule has 1 saturated carbocycles. The lowest BCUT2D eigenvalue weighted by molar-refractivity contribution is -0.131. The monoisotopic (exact) mass is 381 g/mol. The highest BCUT2D eigenvalue weighted by Gasteiger charge is 2.38. The number of carbonyl (C=O) groups is 1. The van der Waals surface area contributed by atoms with Gasteiger partial charge in [-0.15, -0.1) is 11.3 Å². The first kappa shape index (κ1) is 16.4. The highest BCUT2D eigenvalue weighted by Crippen LogP contribution is 2.35. The van der Waals surface area contributed by atoms with Gasteiger partial charge in [-0.05, 0) is 25.0 Å². The van der Waals surface area contributed by atoms with Gasteiger partial charge >= 0.3 is 0 Å². The first-order valence-electron chi connectivity index (χ1n) is 9.06. The van der Waals surface area contributed by atoms with Crippen molar-refractivity contribution in [3.05, 3.63) is 42.3 Å². The number of hydrogen-bond donors (Lipinski definition) is 1. The number of nitrogens with zero attached hydrogens (tertiary/aromatic N) is 4. The maximum Gasteiger partial charge on any atom is 0.223 e. The quantitative estimate of drug-likeness (QED) is 0.730. The Balaban J connectivity index is 1.09. The molecule has 0 atom stereocenters. The fourth-order valence-electron chi connectivity index (χ4n) is 3.54. The number of rotatable bonds is 5. The van der Waals surface area contributed by atoms with Gasteiger partial charge < -0.3 is 15.0 Å². The van der Waals surface area contributed by atoms with Crippen molar-refractivity contribution >= 4 is 33.3 Å². The molecular weight excluding hydrogens is 362 g/mol. The van der Waals surface area contributed by atoms with Crippen LogP contribution in [0.15, 0.2) is 42.3 Å². The van der Waals surface area contributed by atoms with Crippen LogP contribution in [0, 0.1) is 5.92 Å². The highest BCUT2D eigenvalue weighted by molar-refractivity contribution is 7.16. The van der Waals surface area contributed by atoms with Crippen LogP contribution in [0.5, 0.6) is 5.75 Å². The molecule has 0 spiro atoms. The molecule has 2 fully saturated rings. The van der Waals surface area contributed by atoms with Crippen LogP contribution < -0.4 is 15.0 Å². The van der Waals surface area contributed by atoms with Crippen LogP contribution in [0.25, 0.3) is 10.2 Å². The summed E-state index contributed by atoms with van der Waals surface area (Å²) in [5, 5.41) is 3.13. The van der Waals surface area contributed by atoms with E-state index in [4.69, 9.17) is 4.74 Å². The number of nitrogens with one attached hydrogen (secondary N) is 1. The molecule has 0 unspecified atom stereocenters. The molecule has 8 heteroatoms. The Morgan fingerprint density at radius 2 is 2.11 bits per heavy atom. The minimum absolute atomic E-state index is 0.0372. The molecule has 1 aliphatic carbocycles. The van der Waals surface area contributed by atoms with Crippen molar-refractivity contribution in [2.45, 2.75) is 25.0 Å². The minimum Gasteiger partial charge on any atom is -0.488 e. The van der Waals surface area contributed by atoms with Gasteiger partial charge in [0, 0.05) is 31.4 Å². The molecule has 27 heavy (non-hydrogen) atoms. The Labute approximate surface area is 160 Å².